The fourth-order valence-electron chi connectivity index (χ4n) is 3.79. The molecule has 1 aliphatic heterocycles. The topological polar surface area (TPSA) is 52.7 Å². The third-order valence-electron chi connectivity index (χ3n) is 4.81. The van der Waals surface area contributed by atoms with Crippen molar-refractivity contribution >= 4 is 11.9 Å². The molecule has 5 nitrogen and oxygen atoms in total. The molecular weight excluding hydrogens is 311 g/mol. The first-order valence-electron chi connectivity index (χ1n) is 8.06. The van der Waals surface area contributed by atoms with E-state index < -0.39 is 25.2 Å². The van der Waals surface area contributed by atoms with E-state index >= 15 is 0 Å². The van der Waals surface area contributed by atoms with Gasteiger partial charge in [-0.15, -0.1) is 0 Å². The highest BCUT2D eigenvalue weighted by molar-refractivity contribution is 5.84. The van der Waals surface area contributed by atoms with Crippen LogP contribution in [0.4, 0.5) is 18.0 Å². The van der Waals surface area contributed by atoms with Crippen LogP contribution in [-0.4, -0.2) is 60.1 Å². The van der Waals surface area contributed by atoms with E-state index in [-0.39, 0.29) is 18.1 Å². The predicted octanol–water partition coefficient (Wildman–Crippen LogP) is 2.37. The minimum Gasteiger partial charge on any atom is -0.335 e. The molecule has 1 aliphatic carbocycles. The van der Waals surface area contributed by atoms with E-state index in [0.717, 1.165) is 32.7 Å². The van der Waals surface area contributed by atoms with Gasteiger partial charge in [-0.25, -0.2) is 4.79 Å². The summed E-state index contributed by atoms with van der Waals surface area (Å²) in [5, 5.41) is 2.48. The quantitative estimate of drug-likeness (QED) is 0.861. The van der Waals surface area contributed by atoms with Crippen molar-refractivity contribution in [2.45, 2.75) is 57.3 Å². The van der Waals surface area contributed by atoms with E-state index in [1.165, 1.54) is 6.42 Å². The molecule has 1 heterocycles. The van der Waals surface area contributed by atoms with Gasteiger partial charge < -0.3 is 15.1 Å². The summed E-state index contributed by atoms with van der Waals surface area (Å²) in [4.78, 5) is 26.4. The number of hydrogen-bond acceptors (Lipinski definition) is 2. The summed E-state index contributed by atoms with van der Waals surface area (Å²) in [5.74, 6) is -0.240. The average Bonchev–Trinajstić information content (AvgIpc) is 2.78. The smallest absolute Gasteiger partial charge is 0.335 e. The minimum absolute atomic E-state index is 0.103. The van der Waals surface area contributed by atoms with E-state index in [0.29, 0.717) is 10.8 Å². The molecule has 0 spiro atoms. The molecule has 1 saturated carbocycles. The number of amides is 3. The van der Waals surface area contributed by atoms with Gasteiger partial charge in [0, 0.05) is 19.1 Å². The van der Waals surface area contributed by atoms with Gasteiger partial charge in [-0.2, -0.15) is 13.2 Å². The number of hydrogen-bond donors (Lipinski definition) is 1. The standard InChI is InChI=1S/C15H24F3N3O2/c1-10-7-11-5-3-4-6-12(11)21(10)14(23)19-8-13(22)20(2)9-15(16,17)18/h10-12H,3-9H2,1-2H3,(H,19,23)/t10-,11-,12+/m1/s1. The van der Waals surface area contributed by atoms with Gasteiger partial charge in [0.15, 0.2) is 0 Å². The van der Waals surface area contributed by atoms with Crippen LogP contribution in [-0.2, 0) is 4.79 Å². The Bertz CT molecular complexity index is 456. The number of rotatable bonds is 3. The molecule has 0 aromatic carbocycles. The molecule has 0 aromatic heterocycles. The van der Waals surface area contributed by atoms with Crippen molar-refractivity contribution in [2.24, 2.45) is 5.92 Å². The second kappa shape index (κ2) is 6.97. The van der Waals surface area contributed by atoms with Crippen LogP contribution < -0.4 is 5.32 Å². The van der Waals surface area contributed by atoms with Crippen LogP contribution in [0.5, 0.6) is 0 Å². The Hall–Kier alpha value is -1.47. The molecule has 132 valence electrons. The Kier molecular flexibility index (Phi) is 5.41. The number of likely N-dealkylation sites (tertiary alicyclic amines) is 1. The molecule has 2 rings (SSSR count). The number of nitrogens with one attached hydrogen (secondary N) is 1. The highest BCUT2D eigenvalue weighted by Gasteiger charge is 2.42. The Morgan fingerprint density at radius 2 is 1.91 bits per heavy atom. The van der Waals surface area contributed by atoms with E-state index in [1.807, 2.05) is 6.92 Å². The molecular formula is C15H24F3N3O2. The van der Waals surface area contributed by atoms with Crippen molar-refractivity contribution in [1.82, 2.24) is 15.1 Å². The average molecular weight is 335 g/mol. The van der Waals surface area contributed by atoms with Gasteiger partial charge in [0.25, 0.3) is 0 Å². The lowest BCUT2D eigenvalue weighted by Gasteiger charge is -2.33. The van der Waals surface area contributed by atoms with Gasteiger partial charge in [-0.3, -0.25) is 4.79 Å². The van der Waals surface area contributed by atoms with Gasteiger partial charge in [-0.1, -0.05) is 12.8 Å². The zero-order valence-corrected chi connectivity index (χ0v) is 13.5. The molecule has 1 N–H and O–H groups in total. The van der Waals surface area contributed by atoms with E-state index in [9.17, 15) is 22.8 Å². The summed E-state index contributed by atoms with van der Waals surface area (Å²) in [6.07, 6.45) is 0.874. The number of halogens is 3. The predicted molar refractivity (Wildman–Crippen MR) is 78.8 cm³/mol. The fraction of sp³-hybridized carbons (Fsp3) is 0.867. The second-order valence-corrected chi connectivity index (χ2v) is 6.63. The normalized spacial score (nSPS) is 27.5. The second-order valence-electron chi connectivity index (χ2n) is 6.63. The first-order valence-corrected chi connectivity index (χ1v) is 8.06. The van der Waals surface area contributed by atoms with Crippen molar-refractivity contribution in [3.63, 3.8) is 0 Å². The Labute approximate surface area is 134 Å². The Morgan fingerprint density at radius 3 is 2.57 bits per heavy atom. The van der Waals surface area contributed by atoms with Gasteiger partial charge in [0.1, 0.15) is 6.54 Å². The first kappa shape index (κ1) is 17.9. The molecule has 8 heteroatoms. The molecule has 0 aromatic rings. The highest BCUT2D eigenvalue weighted by Crippen LogP contribution is 2.39. The third-order valence-corrected chi connectivity index (χ3v) is 4.81. The van der Waals surface area contributed by atoms with Crippen molar-refractivity contribution in [1.29, 1.82) is 0 Å². The lowest BCUT2D eigenvalue weighted by molar-refractivity contribution is -0.157. The molecule has 3 amide bonds. The van der Waals surface area contributed by atoms with Gasteiger partial charge in [0.05, 0.1) is 6.54 Å². The Balaban J connectivity index is 1.85. The molecule has 23 heavy (non-hydrogen) atoms. The molecule has 0 unspecified atom stereocenters. The minimum atomic E-state index is -4.44. The number of carbonyl (C=O) groups is 2. The summed E-state index contributed by atoms with van der Waals surface area (Å²) in [6, 6.07) is -0.0477. The maximum Gasteiger partial charge on any atom is 0.406 e. The van der Waals surface area contributed by atoms with Crippen LogP contribution in [0.1, 0.15) is 39.0 Å². The van der Waals surface area contributed by atoms with Crippen LogP contribution >= 0.6 is 0 Å². The molecule has 2 aliphatic rings. The number of fused-ring (bicyclic) bond motifs is 1. The van der Waals surface area contributed by atoms with Crippen LogP contribution in [0.25, 0.3) is 0 Å². The largest absolute Gasteiger partial charge is 0.406 e. The molecule has 0 radical (unpaired) electrons. The number of alkyl halides is 3. The maximum atomic E-state index is 12.3. The van der Waals surface area contributed by atoms with Crippen LogP contribution in [0.3, 0.4) is 0 Å². The fourth-order valence-corrected chi connectivity index (χ4v) is 3.79. The van der Waals surface area contributed by atoms with Crippen LogP contribution in [0.2, 0.25) is 0 Å². The maximum absolute atomic E-state index is 12.3. The Morgan fingerprint density at radius 1 is 1.26 bits per heavy atom. The third kappa shape index (κ3) is 4.51. The molecule has 1 saturated heterocycles. The summed E-state index contributed by atoms with van der Waals surface area (Å²) in [5.41, 5.74) is 0. The number of nitrogens with zero attached hydrogens (tertiary/aromatic N) is 2. The van der Waals surface area contributed by atoms with Gasteiger partial charge in [-0.05, 0) is 32.1 Å². The van der Waals surface area contributed by atoms with Gasteiger partial charge in [0.2, 0.25) is 5.91 Å². The number of urea groups is 1. The summed E-state index contributed by atoms with van der Waals surface area (Å²) in [7, 11) is 1.08. The zero-order valence-electron chi connectivity index (χ0n) is 13.5. The highest BCUT2D eigenvalue weighted by atomic mass is 19.4. The van der Waals surface area contributed by atoms with E-state index in [1.54, 1.807) is 4.90 Å². The van der Waals surface area contributed by atoms with Crippen molar-refractivity contribution < 1.29 is 22.8 Å². The first-order chi connectivity index (χ1) is 10.7. The summed E-state index contributed by atoms with van der Waals surface area (Å²) in [6.45, 7) is 0.258. The van der Waals surface area contributed by atoms with Crippen molar-refractivity contribution in [3.8, 4) is 0 Å². The lowest BCUT2D eigenvalue weighted by Crippen LogP contribution is -2.50. The van der Waals surface area contributed by atoms with Crippen LogP contribution in [0.15, 0.2) is 0 Å². The monoisotopic (exact) mass is 335 g/mol. The molecule has 3 atom stereocenters. The van der Waals surface area contributed by atoms with Gasteiger partial charge >= 0.3 is 12.2 Å². The molecule has 2 fully saturated rings. The SMILES string of the molecule is C[C@@H]1C[C@H]2CCCC[C@@H]2N1C(=O)NCC(=O)N(C)CC(F)(F)F. The zero-order chi connectivity index (χ0) is 17.2. The number of likely N-dealkylation sites (N-methyl/N-ethyl adjacent to an activating group) is 1. The van der Waals surface area contributed by atoms with Crippen molar-refractivity contribution in [3.05, 3.63) is 0 Å². The van der Waals surface area contributed by atoms with Crippen LogP contribution in [0, 0.1) is 5.92 Å². The van der Waals surface area contributed by atoms with E-state index in [4.69, 9.17) is 0 Å². The summed E-state index contributed by atoms with van der Waals surface area (Å²) < 4.78 is 36.8. The lowest BCUT2D eigenvalue weighted by atomic mass is 9.85. The molecule has 0 bridgehead atoms. The van der Waals surface area contributed by atoms with E-state index in [2.05, 4.69) is 5.32 Å². The van der Waals surface area contributed by atoms with Crippen molar-refractivity contribution in [2.75, 3.05) is 20.1 Å². The number of carbonyl (C=O) groups excluding carboxylic acids is 2. The summed E-state index contributed by atoms with van der Waals surface area (Å²) >= 11 is 0.